The average molecular weight is 217 g/mol. The minimum Gasteiger partial charge on any atom is -0.382 e. The number of aryl methyl sites for hydroxylation is 1. The van der Waals surface area contributed by atoms with Crippen LogP contribution in [0.15, 0.2) is 24.3 Å². The van der Waals surface area contributed by atoms with Gasteiger partial charge in [-0.2, -0.15) is 0 Å². The molecule has 1 fully saturated rings. The molecule has 2 rings (SSSR count). The van der Waals surface area contributed by atoms with E-state index in [0.717, 1.165) is 12.3 Å². The van der Waals surface area contributed by atoms with Crippen molar-refractivity contribution in [2.75, 3.05) is 5.32 Å². The topological polar surface area (TPSA) is 12.0 Å². The lowest BCUT2D eigenvalue weighted by Crippen LogP contribution is -2.23. The molecule has 0 aliphatic heterocycles. The Bertz CT molecular complexity index is 328. The first-order valence-electron chi connectivity index (χ1n) is 6.64. The third-order valence-electron chi connectivity index (χ3n) is 3.71. The van der Waals surface area contributed by atoms with Crippen LogP contribution < -0.4 is 5.32 Å². The Kier molecular flexibility index (Phi) is 3.87. The Morgan fingerprint density at radius 3 is 2.69 bits per heavy atom. The fourth-order valence-corrected chi connectivity index (χ4v) is 2.52. The van der Waals surface area contributed by atoms with Gasteiger partial charge >= 0.3 is 0 Å². The minimum absolute atomic E-state index is 0.609. The third kappa shape index (κ3) is 2.78. The number of nitrogens with one attached hydrogen (secondary N) is 1. The van der Waals surface area contributed by atoms with E-state index in [1.165, 1.54) is 36.9 Å². The zero-order valence-electron chi connectivity index (χ0n) is 10.5. The molecule has 1 unspecified atom stereocenters. The zero-order chi connectivity index (χ0) is 11.4. The van der Waals surface area contributed by atoms with Crippen molar-refractivity contribution in [3.8, 4) is 0 Å². The fourth-order valence-electron chi connectivity index (χ4n) is 2.52. The van der Waals surface area contributed by atoms with E-state index in [9.17, 15) is 0 Å². The van der Waals surface area contributed by atoms with Gasteiger partial charge in [-0.05, 0) is 37.3 Å². The van der Waals surface area contributed by atoms with E-state index in [0.29, 0.717) is 6.04 Å². The van der Waals surface area contributed by atoms with Gasteiger partial charge in [-0.1, -0.05) is 44.4 Å². The Balaban J connectivity index is 1.91. The summed E-state index contributed by atoms with van der Waals surface area (Å²) in [6, 6.07) is 9.28. The normalized spacial score (nSPS) is 17.9. The standard InChI is InChI=1S/C15H23N/c1-3-14-9-4-5-10-15(14)16-12(2)11-13-7-6-8-13/h4-5,9-10,12-13,16H,3,6-8,11H2,1-2H3. The van der Waals surface area contributed by atoms with Crippen LogP contribution in [0.4, 0.5) is 5.69 Å². The molecule has 1 aromatic rings. The Hall–Kier alpha value is -0.980. The minimum atomic E-state index is 0.609. The van der Waals surface area contributed by atoms with E-state index >= 15 is 0 Å². The van der Waals surface area contributed by atoms with Crippen LogP contribution in [-0.4, -0.2) is 6.04 Å². The van der Waals surface area contributed by atoms with Crippen LogP contribution in [0.2, 0.25) is 0 Å². The molecule has 0 radical (unpaired) electrons. The molecule has 1 aliphatic rings. The first-order valence-corrected chi connectivity index (χ1v) is 6.64. The maximum absolute atomic E-state index is 3.66. The van der Waals surface area contributed by atoms with E-state index in [-0.39, 0.29) is 0 Å². The SMILES string of the molecule is CCc1ccccc1NC(C)CC1CCC1. The molecule has 0 aromatic heterocycles. The molecule has 1 aromatic carbocycles. The molecule has 0 saturated heterocycles. The summed E-state index contributed by atoms with van der Waals surface area (Å²) in [5.74, 6) is 0.983. The van der Waals surface area contributed by atoms with Gasteiger partial charge in [0.1, 0.15) is 0 Å². The third-order valence-corrected chi connectivity index (χ3v) is 3.71. The maximum atomic E-state index is 3.66. The Morgan fingerprint density at radius 2 is 2.06 bits per heavy atom. The first kappa shape index (κ1) is 11.5. The number of para-hydroxylation sites is 1. The quantitative estimate of drug-likeness (QED) is 0.778. The summed E-state index contributed by atoms with van der Waals surface area (Å²) in [5.41, 5.74) is 2.76. The van der Waals surface area contributed by atoms with Gasteiger partial charge in [0.25, 0.3) is 0 Å². The highest BCUT2D eigenvalue weighted by molar-refractivity contribution is 5.51. The molecule has 88 valence electrons. The molecule has 0 spiro atoms. The molecule has 0 bridgehead atoms. The summed E-state index contributed by atoms with van der Waals surface area (Å²) in [6.45, 7) is 4.53. The summed E-state index contributed by atoms with van der Waals surface area (Å²) in [5, 5.41) is 3.66. The number of anilines is 1. The molecular formula is C15H23N. The molecule has 0 amide bonds. The van der Waals surface area contributed by atoms with Gasteiger partial charge < -0.3 is 5.32 Å². The molecule has 1 atom stereocenters. The second-order valence-corrected chi connectivity index (χ2v) is 5.09. The number of hydrogen-bond donors (Lipinski definition) is 1. The fraction of sp³-hybridized carbons (Fsp3) is 0.600. The van der Waals surface area contributed by atoms with Crippen molar-refractivity contribution in [2.24, 2.45) is 5.92 Å². The molecule has 1 heteroatoms. The molecule has 1 aliphatic carbocycles. The second kappa shape index (κ2) is 5.38. The lowest BCUT2D eigenvalue weighted by atomic mass is 9.81. The molecule has 1 N–H and O–H groups in total. The number of rotatable bonds is 5. The van der Waals surface area contributed by atoms with Crippen LogP contribution in [0.3, 0.4) is 0 Å². The van der Waals surface area contributed by atoms with Crippen LogP contribution in [0.1, 0.15) is 45.1 Å². The lowest BCUT2D eigenvalue weighted by Gasteiger charge is -2.29. The van der Waals surface area contributed by atoms with Crippen molar-refractivity contribution in [3.05, 3.63) is 29.8 Å². The van der Waals surface area contributed by atoms with Crippen molar-refractivity contribution in [3.63, 3.8) is 0 Å². The molecule has 1 saturated carbocycles. The van der Waals surface area contributed by atoms with Crippen LogP contribution >= 0.6 is 0 Å². The average Bonchev–Trinajstić information content (AvgIpc) is 2.24. The summed E-state index contributed by atoms with van der Waals surface area (Å²) in [4.78, 5) is 0. The summed E-state index contributed by atoms with van der Waals surface area (Å²) in [7, 11) is 0. The van der Waals surface area contributed by atoms with Crippen LogP contribution in [0, 0.1) is 5.92 Å². The lowest BCUT2D eigenvalue weighted by molar-refractivity contribution is 0.286. The molecule has 0 heterocycles. The highest BCUT2D eigenvalue weighted by Gasteiger charge is 2.19. The predicted octanol–water partition coefficient (Wildman–Crippen LogP) is 4.24. The van der Waals surface area contributed by atoms with E-state index < -0.39 is 0 Å². The van der Waals surface area contributed by atoms with Crippen molar-refractivity contribution >= 4 is 5.69 Å². The first-order chi connectivity index (χ1) is 7.79. The predicted molar refractivity (Wildman–Crippen MR) is 70.9 cm³/mol. The molecule has 16 heavy (non-hydrogen) atoms. The molecular weight excluding hydrogens is 194 g/mol. The van der Waals surface area contributed by atoms with Gasteiger partial charge in [-0.3, -0.25) is 0 Å². The molecule has 1 nitrogen and oxygen atoms in total. The number of hydrogen-bond acceptors (Lipinski definition) is 1. The second-order valence-electron chi connectivity index (χ2n) is 5.09. The maximum Gasteiger partial charge on any atom is 0.0374 e. The van der Waals surface area contributed by atoms with E-state index in [2.05, 4.69) is 43.4 Å². The van der Waals surface area contributed by atoms with Gasteiger partial charge in [0.2, 0.25) is 0 Å². The number of benzene rings is 1. The Morgan fingerprint density at radius 1 is 1.31 bits per heavy atom. The van der Waals surface area contributed by atoms with Gasteiger partial charge in [0.15, 0.2) is 0 Å². The van der Waals surface area contributed by atoms with E-state index in [4.69, 9.17) is 0 Å². The van der Waals surface area contributed by atoms with E-state index in [1.54, 1.807) is 0 Å². The van der Waals surface area contributed by atoms with Gasteiger partial charge in [0.05, 0.1) is 0 Å². The monoisotopic (exact) mass is 217 g/mol. The largest absolute Gasteiger partial charge is 0.382 e. The van der Waals surface area contributed by atoms with Gasteiger partial charge in [-0.15, -0.1) is 0 Å². The summed E-state index contributed by atoms with van der Waals surface area (Å²) < 4.78 is 0. The summed E-state index contributed by atoms with van der Waals surface area (Å²) >= 11 is 0. The van der Waals surface area contributed by atoms with Gasteiger partial charge in [0, 0.05) is 11.7 Å². The zero-order valence-corrected chi connectivity index (χ0v) is 10.5. The van der Waals surface area contributed by atoms with Crippen LogP contribution in [0.5, 0.6) is 0 Å². The van der Waals surface area contributed by atoms with Gasteiger partial charge in [-0.25, -0.2) is 0 Å². The highest BCUT2D eigenvalue weighted by atomic mass is 14.9. The highest BCUT2D eigenvalue weighted by Crippen LogP contribution is 2.31. The van der Waals surface area contributed by atoms with Crippen molar-refractivity contribution in [1.82, 2.24) is 0 Å². The van der Waals surface area contributed by atoms with Crippen molar-refractivity contribution < 1.29 is 0 Å². The van der Waals surface area contributed by atoms with Crippen molar-refractivity contribution in [2.45, 2.75) is 52.0 Å². The van der Waals surface area contributed by atoms with Crippen LogP contribution in [0.25, 0.3) is 0 Å². The summed E-state index contributed by atoms with van der Waals surface area (Å²) in [6.07, 6.45) is 6.78. The van der Waals surface area contributed by atoms with Crippen molar-refractivity contribution in [1.29, 1.82) is 0 Å². The van der Waals surface area contributed by atoms with Crippen LogP contribution in [-0.2, 0) is 6.42 Å². The smallest absolute Gasteiger partial charge is 0.0374 e. The Labute approximate surface area is 99.3 Å². The van der Waals surface area contributed by atoms with E-state index in [1.807, 2.05) is 0 Å².